The molecule has 168 valence electrons. The molecule has 1 aliphatic rings. The van der Waals surface area contributed by atoms with Crippen molar-refractivity contribution >= 4 is 35.3 Å². The number of halogens is 1. The standard InChI is InChI=1S/C25H21ClN2O5/c1-28(13-23(29)30)24(31)15-10-11-22(21(26)12-15)27-25(32)33-14-20-18-8-4-2-6-16(18)17-7-3-5-9-19(17)20/h2-12,20H,13-14H2,1H3,(H,27,32)(H,29,30). The first kappa shape index (κ1) is 22.4. The number of carboxylic acid groups (broad SMARTS) is 1. The van der Waals surface area contributed by atoms with Crippen LogP contribution in [0.25, 0.3) is 11.1 Å². The van der Waals surface area contributed by atoms with Crippen LogP contribution in [0.1, 0.15) is 27.4 Å². The van der Waals surface area contributed by atoms with Gasteiger partial charge in [0.2, 0.25) is 0 Å². The Morgan fingerprint density at radius 2 is 1.61 bits per heavy atom. The first-order chi connectivity index (χ1) is 15.8. The Hall–Kier alpha value is -3.84. The van der Waals surface area contributed by atoms with Crippen molar-refractivity contribution in [3.63, 3.8) is 0 Å². The summed E-state index contributed by atoms with van der Waals surface area (Å²) in [7, 11) is 1.38. The Labute approximate surface area is 195 Å². The molecule has 0 radical (unpaired) electrons. The maximum Gasteiger partial charge on any atom is 0.411 e. The van der Waals surface area contributed by atoms with Crippen molar-refractivity contribution in [2.45, 2.75) is 5.92 Å². The summed E-state index contributed by atoms with van der Waals surface area (Å²) in [4.78, 5) is 36.6. The maximum absolute atomic E-state index is 12.5. The first-order valence-electron chi connectivity index (χ1n) is 10.2. The number of anilines is 1. The van der Waals surface area contributed by atoms with Gasteiger partial charge in [-0.25, -0.2) is 4.79 Å². The number of aliphatic carboxylic acids is 1. The van der Waals surface area contributed by atoms with Crippen molar-refractivity contribution in [3.8, 4) is 11.1 Å². The lowest BCUT2D eigenvalue weighted by atomic mass is 9.98. The lowest BCUT2D eigenvalue weighted by Gasteiger charge is -2.16. The van der Waals surface area contributed by atoms with Crippen molar-refractivity contribution in [1.82, 2.24) is 4.90 Å². The fourth-order valence-corrected chi connectivity index (χ4v) is 4.22. The number of nitrogens with zero attached hydrogens (tertiary/aromatic N) is 1. The molecule has 0 aromatic heterocycles. The molecule has 33 heavy (non-hydrogen) atoms. The highest BCUT2D eigenvalue weighted by Crippen LogP contribution is 2.44. The minimum absolute atomic E-state index is 0.0663. The molecule has 3 aromatic carbocycles. The number of fused-ring (bicyclic) bond motifs is 3. The second-order valence-corrected chi connectivity index (χ2v) is 8.11. The van der Waals surface area contributed by atoms with Gasteiger partial charge in [-0.15, -0.1) is 0 Å². The number of rotatable bonds is 6. The van der Waals surface area contributed by atoms with Crippen LogP contribution in [-0.2, 0) is 9.53 Å². The molecular formula is C25H21ClN2O5. The number of hydrogen-bond acceptors (Lipinski definition) is 4. The third-order valence-electron chi connectivity index (χ3n) is 5.52. The molecule has 4 rings (SSSR count). The molecule has 0 aliphatic heterocycles. The van der Waals surface area contributed by atoms with E-state index >= 15 is 0 Å². The van der Waals surface area contributed by atoms with Gasteiger partial charge >= 0.3 is 12.1 Å². The van der Waals surface area contributed by atoms with Crippen molar-refractivity contribution in [2.75, 3.05) is 25.5 Å². The van der Waals surface area contributed by atoms with E-state index in [2.05, 4.69) is 17.4 Å². The molecule has 7 nitrogen and oxygen atoms in total. The predicted molar refractivity (Wildman–Crippen MR) is 125 cm³/mol. The van der Waals surface area contributed by atoms with E-state index in [4.69, 9.17) is 21.4 Å². The largest absolute Gasteiger partial charge is 0.480 e. The van der Waals surface area contributed by atoms with Crippen molar-refractivity contribution in [1.29, 1.82) is 0 Å². The number of amides is 2. The molecule has 0 fully saturated rings. The SMILES string of the molecule is CN(CC(=O)O)C(=O)c1ccc(NC(=O)OCC2c3ccccc3-c3ccccc32)c(Cl)c1. The second kappa shape index (κ2) is 9.34. The molecule has 1 aliphatic carbocycles. The number of carbonyl (C=O) groups is 3. The van der Waals surface area contributed by atoms with E-state index in [-0.39, 0.29) is 28.8 Å². The molecule has 8 heteroatoms. The summed E-state index contributed by atoms with van der Waals surface area (Å²) in [6, 6.07) is 20.4. The highest BCUT2D eigenvalue weighted by atomic mass is 35.5. The molecule has 0 bridgehead atoms. The van der Waals surface area contributed by atoms with Gasteiger partial charge in [0.25, 0.3) is 5.91 Å². The molecular weight excluding hydrogens is 444 g/mol. The van der Waals surface area contributed by atoms with Crippen molar-refractivity contribution in [3.05, 3.63) is 88.4 Å². The van der Waals surface area contributed by atoms with Crippen LogP contribution in [0.5, 0.6) is 0 Å². The number of carbonyl (C=O) groups excluding carboxylic acids is 2. The van der Waals surface area contributed by atoms with E-state index in [9.17, 15) is 14.4 Å². The molecule has 0 saturated heterocycles. The molecule has 0 saturated carbocycles. The first-order valence-corrected chi connectivity index (χ1v) is 10.6. The van der Waals surface area contributed by atoms with Crippen LogP contribution < -0.4 is 5.32 Å². The van der Waals surface area contributed by atoms with E-state index in [1.807, 2.05) is 36.4 Å². The third kappa shape index (κ3) is 4.68. The van der Waals surface area contributed by atoms with Gasteiger partial charge in [0.15, 0.2) is 0 Å². The fraction of sp³-hybridized carbons (Fsp3) is 0.160. The average molecular weight is 465 g/mol. The summed E-state index contributed by atoms with van der Waals surface area (Å²) in [6.45, 7) is -0.274. The Morgan fingerprint density at radius 1 is 1.00 bits per heavy atom. The van der Waals surface area contributed by atoms with Gasteiger partial charge in [-0.1, -0.05) is 60.1 Å². The van der Waals surface area contributed by atoms with Gasteiger partial charge in [0.05, 0.1) is 10.7 Å². The van der Waals surface area contributed by atoms with Gasteiger partial charge in [-0.05, 0) is 40.5 Å². The summed E-state index contributed by atoms with van der Waals surface area (Å²) < 4.78 is 5.51. The zero-order chi connectivity index (χ0) is 23.5. The molecule has 3 aromatic rings. The molecule has 2 N–H and O–H groups in total. The molecule has 0 spiro atoms. The average Bonchev–Trinajstić information content (AvgIpc) is 3.12. The number of likely N-dealkylation sites (N-methyl/N-ethyl adjacent to an activating group) is 1. The van der Waals surface area contributed by atoms with E-state index in [0.29, 0.717) is 0 Å². The second-order valence-electron chi connectivity index (χ2n) is 7.70. The van der Waals surface area contributed by atoms with Gasteiger partial charge in [0, 0.05) is 18.5 Å². The van der Waals surface area contributed by atoms with Crippen LogP contribution >= 0.6 is 11.6 Å². The summed E-state index contributed by atoms with van der Waals surface area (Å²) >= 11 is 6.23. The summed E-state index contributed by atoms with van der Waals surface area (Å²) in [6.07, 6.45) is -0.666. The molecule has 0 unspecified atom stereocenters. The Balaban J connectivity index is 1.42. The smallest absolute Gasteiger partial charge is 0.411 e. The van der Waals surface area contributed by atoms with Gasteiger partial charge in [-0.2, -0.15) is 0 Å². The number of ether oxygens (including phenoxy) is 1. The number of hydrogen-bond donors (Lipinski definition) is 2. The third-order valence-corrected chi connectivity index (χ3v) is 5.83. The molecule has 0 atom stereocenters. The summed E-state index contributed by atoms with van der Waals surface area (Å²) in [5, 5.41) is 11.6. The summed E-state index contributed by atoms with van der Waals surface area (Å²) in [5.41, 5.74) is 4.99. The van der Waals surface area contributed by atoms with Gasteiger partial charge in [0.1, 0.15) is 13.2 Å². The van der Waals surface area contributed by atoms with Crippen LogP contribution in [0.2, 0.25) is 5.02 Å². The van der Waals surface area contributed by atoms with E-state index in [1.54, 1.807) is 0 Å². The maximum atomic E-state index is 12.5. The van der Waals surface area contributed by atoms with E-state index < -0.39 is 24.5 Å². The topological polar surface area (TPSA) is 95.9 Å². The zero-order valence-electron chi connectivity index (χ0n) is 17.7. The Bertz CT molecular complexity index is 1200. The van der Waals surface area contributed by atoms with Crippen molar-refractivity contribution in [2.24, 2.45) is 0 Å². The minimum atomic E-state index is -1.12. The monoisotopic (exact) mass is 464 g/mol. The zero-order valence-corrected chi connectivity index (χ0v) is 18.5. The fourth-order valence-electron chi connectivity index (χ4n) is 3.99. The lowest BCUT2D eigenvalue weighted by molar-refractivity contribution is -0.137. The Kier molecular flexibility index (Phi) is 6.33. The van der Waals surface area contributed by atoms with Gasteiger partial charge < -0.3 is 14.7 Å². The predicted octanol–water partition coefficient (Wildman–Crippen LogP) is 4.86. The summed E-state index contributed by atoms with van der Waals surface area (Å²) in [5.74, 6) is -1.68. The lowest BCUT2D eigenvalue weighted by Crippen LogP contribution is -2.31. The van der Waals surface area contributed by atoms with E-state index in [0.717, 1.165) is 27.2 Å². The molecule has 0 heterocycles. The number of carboxylic acids is 1. The highest BCUT2D eigenvalue weighted by Gasteiger charge is 2.29. The van der Waals surface area contributed by atoms with Crippen LogP contribution in [-0.4, -0.2) is 48.2 Å². The van der Waals surface area contributed by atoms with Crippen molar-refractivity contribution < 1.29 is 24.2 Å². The van der Waals surface area contributed by atoms with Crippen LogP contribution in [0.15, 0.2) is 66.7 Å². The van der Waals surface area contributed by atoms with Crippen LogP contribution in [0.3, 0.4) is 0 Å². The minimum Gasteiger partial charge on any atom is -0.480 e. The van der Waals surface area contributed by atoms with Gasteiger partial charge in [-0.3, -0.25) is 14.9 Å². The highest BCUT2D eigenvalue weighted by molar-refractivity contribution is 6.34. The van der Waals surface area contributed by atoms with E-state index in [1.165, 1.54) is 25.2 Å². The van der Waals surface area contributed by atoms with Crippen LogP contribution in [0, 0.1) is 0 Å². The number of benzene rings is 3. The normalized spacial score (nSPS) is 11.9. The Morgan fingerprint density at radius 3 is 2.18 bits per heavy atom. The quantitative estimate of drug-likeness (QED) is 0.543. The molecule has 2 amide bonds. The number of nitrogens with one attached hydrogen (secondary N) is 1. The van der Waals surface area contributed by atoms with Crippen LogP contribution in [0.4, 0.5) is 10.5 Å².